The van der Waals surface area contributed by atoms with Gasteiger partial charge >= 0.3 is 13.1 Å². The maximum absolute atomic E-state index is 11.1. The second-order valence-corrected chi connectivity index (χ2v) is 2.79. The quantitative estimate of drug-likeness (QED) is 0.460. The van der Waals surface area contributed by atoms with E-state index in [0.717, 1.165) is 0 Å². The van der Waals surface area contributed by atoms with E-state index in [-0.39, 0.29) is 11.2 Å². The fourth-order valence-electron chi connectivity index (χ4n) is 1.03. The Morgan fingerprint density at radius 1 is 1.57 bits per heavy atom. The van der Waals surface area contributed by atoms with Crippen LogP contribution in [-0.4, -0.2) is 35.2 Å². The first-order valence-corrected chi connectivity index (χ1v) is 3.97. The highest BCUT2D eigenvalue weighted by molar-refractivity contribution is 6.59. The Morgan fingerprint density at radius 3 is 2.71 bits per heavy atom. The van der Waals surface area contributed by atoms with Crippen LogP contribution in [0.4, 0.5) is 0 Å². The fourth-order valence-corrected chi connectivity index (χ4v) is 1.03. The molecular formula is C8H10BNO4. The zero-order valence-corrected chi connectivity index (χ0v) is 7.89. The lowest BCUT2D eigenvalue weighted by atomic mass is 9.78. The van der Waals surface area contributed by atoms with Gasteiger partial charge in [-0.1, -0.05) is 0 Å². The van der Waals surface area contributed by atoms with Crippen LogP contribution in [0.15, 0.2) is 12.3 Å². The molecule has 14 heavy (non-hydrogen) atoms. The molecule has 0 bridgehead atoms. The van der Waals surface area contributed by atoms with E-state index in [1.165, 1.54) is 19.4 Å². The first-order valence-electron chi connectivity index (χ1n) is 3.97. The molecule has 2 N–H and O–H groups in total. The molecule has 0 atom stereocenters. The second-order valence-electron chi connectivity index (χ2n) is 2.79. The lowest BCUT2D eigenvalue weighted by molar-refractivity contribution is 0.0594. The highest BCUT2D eigenvalue weighted by atomic mass is 16.5. The number of esters is 1. The second kappa shape index (κ2) is 4.21. The molecule has 0 aliphatic carbocycles. The number of aromatic nitrogens is 1. The van der Waals surface area contributed by atoms with Crippen LogP contribution < -0.4 is 5.46 Å². The molecule has 0 radical (unpaired) electrons. The number of carbonyl (C=O) groups excluding carboxylic acids is 1. The molecule has 6 heteroatoms. The van der Waals surface area contributed by atoms with Gasteiger partial charge in [-0.05, 0) is 24.0 Å². The fraction of sp³-hybridized carbons (Fsp3) is 0.250. The van der Waals surface area contributed by atoms with Crippen LogP contribution in [0.25, 0.3) is 0 Å². The number of carbonyl (C=O) groups is 1. The Morgan fingerprint density at radius 2 is 2.21 bits per heavy atom. The van der Waals surface area contributed by atoms with Gasteiger partial charge in [-0.2, -0.15) is 0 Å². The smallest absolute Gasteiger partial charge is 0.464 e. The summed E-state index contributed by atoms with van der Waals surface area (Å²) in [7, 11) is -0.375. The van der Waals surface area contributed by atoms with Gasteiger partial charge in [-0.25, -0.2) is 9.78 Å². The van der Waals surface area contributed by atoms with Crippen molar-refractivity contribution < 1.29 is 19.6 Å². The van der Waals surface area contributed by atoms with Crippen LogP contribution in [0.1, 0.15) is 16.1 Å². The maximum Gasteiger partial charge on any atom is 0.488 e. The van der Waals surface area contributed by atoms with Gasteiger partial charge in [0, 0.05) is 6.20 Å². The SMILES string of the molecule is COC(=O)c1cc(B(O)O)c(C)cn1. The highest BCUT2D eigenvalue weighted by Crippen LogP contribution is 1.99. The van der Waals surface area contributed by atoms with E-state index in [4.69, 9.17) is 10.0 Å². The highest BCUT2D eigenvalue weighted by Gasteiger charge is 2.17. The number of methoxy groups -OCH3 is 1. The van der Waals surface area contributed by atoms with Crippen LogP contribution in [-0.2, 0) is 4.74 Å². The van der Waals surface area contributed by atoms with Crippen molar-refractivity contribution >= 4 is 18.6 Å². The summed E-state index contributed by atoms with van der Waals surface area (Å²) in [5.41, 5.74) is 0.911. The molecule has 0 fully saturated rings. The van der Waals surface area contributed by atoms with Gasteiger partial charge in [-0.3, -0.25) is 0 Å². The third kappa shape index (κ3) is 2.10. The summed E-state index contributed by atoms with van der Waals surface area (Å²) in [4.78, 5) is 14.8. The van der Waals surface area contributed by atoms with Crippen molar-refractivity contribution in [3.8, 4) is 0 Å². The van der Waals surface area contributed by atoms with Crippen molar-refractivity contribution in [2.24, 2.45) is 0 Å². The van der Waals surface area contributed by atoms with Gasteiger partial charge in [0.05, 0.1) is 7.11 Å². The Hall–Kier alpha value is -1.40. The number of rotatable bonds is 2. The van der Waals surface area contributed by atoms with Crippen molar-refractivity contribution in [3.05, 3.63) is 23.5 Å². The van der Waals surface area contributed by atoms with Crippen LogP contribution in [0, 0.1) is 6.92 Å². The molecule has 5 nitrogen and oxygen atoms in total. The van der Waals surface area contributed by atoms with Crippen molar-refractivity contribution in [2.45, 2.75) is 6.92 Å². The monoisotopic (exact) mass is 195 g/mol. The number of pyridine rings is 1. The first kappa shape index (κ1) is 10.7. The Kier molecular flexibility index (Phi) is 3.21. The van der Waals surface area contributed by atoms with E-state index < -0.39 is 13.1 Å². The maximum atomic E-state index is 11.1. The van der Waals surface area contributed by atoms with Crippen molar-refractivity contribution in [2.75, 3.05) is 7.11 Å². The summed E-state index contributed by atoms with van der Waals surface area (Å²) < 4.78 is 4.45. The van der Waals surface area contributed by atoms with E-state index in [1.807, 2.05) is 0 Å². The standard InChI is InChI=1S/C8H10BNO4/c1-5-4-10-7(8(11)14-2)3-6(5)9(12)13/h3-4,12-13H,1-2H3. The Balaban J connectivity index is 3.13. The lowest BCUT2D eigenvalue weighted by Gasteiger charge is -2.05. The molecule has 0 spiro atoms. The molecule has 74 valence electrons. The topological polar surface area (TPSA) is 79.7 Å². The van der Waals surface area contributed by atoms with Gasteiger partial charge < -0.3 is 14.8 Å². The molecule has 0 saturated carbocycles. The molecule has 0 aliphatic rings. The molecule has 0 unspecified atom stereocenters. The van der Waals surface area contributed by atoms with Crippen LogP contribution in [0.2, 0.25) is 0 Å². The summed E-state index contributed by atoms with van der Waals surface area (Å²) in [6, 6.07) is 1.30. The van der Waals surface area contributed by atoms with Crippen LogP contribution in [0.3, 0.4) is 0 Å². The zero-order chi connectivity index (χ0) is 10.7. The van der Waals surface area contributed by atoms with E-state index in [2.05, 4.69) is 9.72 Å². The molecule has 0 aliphatic heterocycles. The van der Waals surface area contributed by atoms with Crippen molar-refractivity contribution in [1.29, 1.82) is 0 Å². The molecule has 0 amide bonds. The number of hydrogen-bond acceptors (Lipinski definition) is 5. The average Bonchev–Trinajstić information content (AvgIpc) is 2.17. The van der Waals surface area contributed by atoms with Gasteiger partial charge in [-0.15, -0.1) is 0 Å². The van der Waals surface area contributed by atoms with Crippen LogP contribution >= 0.6 is 0 Å². The summed E-state index contributed by atoms with van der Waals surface area (Å²) in [6.07, 6.45) is 1.39. The van der Waals surface area contributed by atoms with Crippen molar-refractivity contribution in [1.82, 2.24) is 4.98 Å². The summed E-state index contributed by atoms with van der Waals surface area (Å²) in [5, 5.41) is 17.9. The predicted octanol–water partition coefficient (Wildman–Crippen LogP) is -1.14. The van der Waals surface area contributed by atoms with E-state index in [0.29, 0.717) is 5.56 Å². The van der Waals surface area contributed by atoms with Gasteiger partial charge in [0.25, 0.3) is 0 Å². The zero-order valence-electron chi connectivity index (χ0n) is 7.89. The first-order chi connectivity index (χ1) is 6.56. The van der Waals surface area contributed by atoms with Gasteiger partial charge in [0.2, 0.25) is 0 Å². The van der Waals surface area contributed by atoms with Gasteiger partial charge in [0.1, 0.15) is 5.69 Å². The lowest BCUT2D eigenvalue weighted by Crippen LogP contribution is -2.33. The molecule has 0 saturated heterocycles. The third-order valence-electron chi connectivity index (χ3n) is 1.82. The largest absolute Gasteiger partial charge is 0.488 e. The predicted molar refractivity (Wildman–Crippen MR) is 50.1 cm³/mol. The minimum atomic E-state index is -1.61. The summed E-state index contributed by atoms with van der Waals surface area (Å²) >= 11 is 0. The Bertz CT molecular complexity index is 353. The van der Waals surface area contributed by atoms with E-state index in [9.17, 15) is 4.79 Å². The van der Waals surface area contributed by atoms with Crippen LogP contribution in [0.5, 0.6) is 0 Å². The molecule has 0 aromatic carbocycles. The summed E-state index contributed by atoms with van der Waals surface area (Å²) in [6.45, 7) is 1.67. The normalized spacial score (nSPS) is 9.71. The third-order valence-corrected chi connectivity index (χ3v) is 1.82. The minimum absolute atomic E-state index is 0.0567. The molecule has 1 aromatic rings. The van der Waals surface area contributed by atoms with E-state index >= 15 is 0 Å². The molecule has 1 heterocycles. The average molecular weight is 195 g/mol. The minimum Gasteiger partial charge on any atom is -0.464 e. The summed E-state index contributed by atoms with van der Waals surface area (Å²) in [5.74, 6) is -0.605. The van der Waals surface area contributed by atoms with E-state index in [1.54, 1.807) is 6.92 Å². The van der Waals surface area contributed by atoms with Gasteiger partial charge in [0.15, 0.2) is 0 Å². The number of ether oxygens (including phenoxy) is 1. The number of hydrogen-bond donors (Lipinski definition) is 2. The Labute approximate surface area is 81.5 Å². The molecule has 1 aromatic heterocycles. The van der Waals surface area contributed by atoms with Crippen molar-refractivity contribution in [3.63, 3.8) is 0 Å². The number of nitrogens with zero attached hydrogens (tertiary/aromatic N) is 1. The molecular weight excluding hydrogens is 185 g/mol. The number of aryl methyl sites for hydroxylation is 1. The molecule has 1 rings (SSSR count).